The standard InChI is InChI=1S/C12H10BrN3O2/c1-18-10-4-2-3-8(5-10)11(17)16-12-14-6-9(13)7-15-12/h2-7H,1H3,(H,14,15,16,17). The summed E-state index contributed by atoms with van der Waals surface area (Å²) in [6.07, 6.45) is 3.13. The predicted molar refractivity (Wildman–Crippen MR) is 70.7 cm³/mol. The number of nitrogens with zero attached hydrogens (tertiary/aromatic N) is 2. The zero-order chi connectivity index (χ0) is 13.0. The quantitative estimate of drug-likeness (QED) is 0.946. The minimum atomic E-state index is -0.281. The van der Waals surface area contributed by atoms with Gasteiger partial charge in [-0.25, -0.2) is 9.97 Å². The second kappa shape index (κ2) is 5.59. The zero-order valence-electron chi connectivity index (χ0n) is 9.55. The van der Waals surface area contributed by atoms with Crippen LogP contribution >= 0.6 is 15.9 Å². The van der Waals surface area contributed by atoms with E-state index in [4.69, 9.17) is 4.74 Å². The molecule has 0 atom stereocenters. The van der Waals surface area contributed by atoms with Gasteiger partial charge in [0.05, 0.1) is 11.6 Å². The van der Waals surface area contributed by atoms with Crippen molar-refractivity contribution in [1.82, 2.24) is 9.97 Å². The van der Waals surface area contributed by atoms with E-state index >= 15 is 0 Å². The van der Waals surface area contributed by atoms with Crippen molar-refractivity contribution in [3.8, 4) is 5.75 Å². The molecule has 0 aliphatic heterocycles. The first-order chi connectivity index (χ1) is 8.69. The Hall–Kier alpha value is -1.95. The molecule has 2 aromatic rings. The Bertz CT molecular complexity index is 558. The van der Waals surface area contributed by atoms with Crippen LogP contribution in [0.4, 0.5) is 5.95 Å². The Morgan fingerprint density at radius 2 is 2.06 bits per heavy atom. The first-order valence-corrected chi connectivity index (χ1v) is 5.91. The summed E-state index contributed by atoms with van der Waals surface area (Å²) in [6.45, 7) is 0. The Kier molecular flexibility index (Phi) is 3.88. The molecule has 1 aromatic carbocycles. The van der Waals surface area contributed by atoms with Crippen molar-refractivity contribution in [2.45, 2.75) is 0 Å². The van der Waals surface area contributed by atoms with E-state index in [2.05, 4.69) is 31.2 Å². The maximum atomic E-state index is 11.9. The van der Waals surface area contributed by atoms with Gasteiger partial charge >= 0.3 is 0 Å². The normalized spacial score (nSPS) is 9.89. The maximum Gasteiger partial charge on any atom is 0.258 e. The Labute approximate surface area is 112 Å². The summed E-state index contributed by atoms with van der Waals surface area (Å²) in [7, 11) is 1.55. The summed E-state index contributed by atoms with van der Waals surface area (Å²) in [5.41, 5.74) is 0.487. The highest BCUT2D eigenvalue weighted by Gasteiger charge is 2.08. The third kappa shape index (κ3) is 3.04. The second-order valence-electron chi connectivity index (χ2n) is 3.41. The molecule has 0 saturated carbocycles. The highest BCUT2D eigenvalue weighted by Crippen LogP contribution is 2.14. The van der Waals surface area contributed by atoms with Crippen LogP contribution in [0.1, 0.15) is 10.4 Å². The van der Waals surface area contributed by atoms with E-state index in [1.807, 2.05) is 0 Å². The Morgan fingerprint density at radius 3 is 2.72 bits per heavy atom. The van der Waals surface area contributed by atoms with Crippen molar-refractivity contribution in [1.29, 1.82) is 0 Å². The lowest BCUT2D eigenvalue weighted by molar-refractivity contribution is 0.102. The molecule has 2 rings (SSSR count). The SMILES string of the molecule is COc1cccc(C(=O)Nc2ncc(Br)cn2)c1. The highest BCUT2D eigenvalue weighted by atomic mass is 79.9. The van der Waals surface area contributed by atoms with Gasteiger partial charge in [0.1, 0.15) is 5.75 Å². The summed E-state index contributed by atoms with van der Waals surface area (Å²) >= 11 is 3.22. The molecule has 1 aromatic heterocycles. The predicted octanol–water partition coefficient (Wildman–Crippen LogP) is 2.50. The van der Waals surface area contributed by atoms with Crippen LogP contribution in [0.25, 0.3) is 0 Å². The van der Waals surface area contributed by atoms with Crippen LogP contribution in [-0.2, 0) is 0 Å². The monoisotopic (exact) mass is 307 g/mol. The lowest BCUT2D eigenvalue weighted by atomic mass is 10.2. The largest absolute Gasteiger partial charge is 0.497 e. The zero-order valence-corrected chi connectivity index (χ0v) is 11.1. The van der Waals surface area contributed by atoms with E-state index < -0.39 is 0 Å². The molecule has 1 heterocycles. The number of benzene rings is 1. The van der Waals surface area contributed by atoms with Crippen molar-refractivity contribution in [3.63, 3.8) is 0 Å². The first-order valence-electron chi connectivity index (χ1n) is 5.12. The van der Waals surface area contributed by atoms with Crippen molar-refractivity contribution in [2.75, 3.05) is 12.4 Å². The van der Waals surface area contributed by atoms with Gasteiger partial charge in [-0.15, -0.1) is 0 Å². The molecule has 1 N–H and O–H groups in total. The fourth-order valence-electron chi connectivity index (χ4n) is 1.31. The molecular weight excluding hydrogens is 298 g/mol. The third-order valence-corrected chi connectivity index (χ3v) is 2.59. The minimum absolute atomic E-state index is 0.256. The maximum absolute atomic E-state index is 11.9. The van der Waals surface area contributed by atoms with Gasteiger partial charge in [0.15, 0.2) is 0 Å². The highest BCUT2D eigenvalue weighted by molar-refractivity contribution is 9.10. The fraction of sp³-hybridized carbons (Fsp3) is 0.0833. The van der Waals surface area contributed by atoms with Gasteiger partial charge in [-0.2, -0.15) is 0 Å². The van der Waals surface area contributed by atoms with Crippen LogP contribution in [-0.4, -0.2) is 23.0 Å². The number of ether oxygens (including phenoxy) is 1. The average Bonchev–Trinajstić information content (AvgIpc) is 2.41. The van der Waals surface area contributed by atoms with Crippen molar-refractivity contribution >= 4 is 27.8 Å². The van der Waals surface area contributed by atoms with Gasteiger partial charge < -0.3 is 4.74 Å². The van der Waals surface area contributed by atoms with Crippen LogP contribution in [0.3, 0.4) is 0 Å². The number of carbonyl (C=O) groups excluding carboxylic acids is 1. The van der Waals surface area contributed by atoms with Crippen LogP contribution in [0.5, 0.6) is 5.75 Å². The number of hydrogen-bond acceptors (Lipinski definition) is 4. The number of nitrogens with one attached hydrogen (secondary N) is 1. The molecule has 0 spiro atoms. The topological polar surface area (TPSA) is 64.1 Å². The van der Waals surface area contributed by atoms with Crippen molar-refractivity contribution in [2.24, 2.45) is 0 Å². The smallest absolute Gasteiger partial charge is 0.258 e. The van der Waals surface area contributed by atoms with E-state index in [1.54, 1.807) is 43.8 Å². The van der Waals surface area contributed by atoms with Crippen LogP contribution in [0.2, 0.25) is 0 Å². The number of methoxy groups -OCH3 is 1. The molecule has 18 heavy (non-hydrogen) atoms. The summed E-state index contributed by atoms with van der Waals surface area (Å²) in [5, 5.41) is 2.60. The van der Waals surface area contributed by atoms with E-state index in [-0.39, 0.29) is 11.9 Å². The van der Waals surface area contributed by atoms with E-state index in [1.165, 1.54) is 0 Å². The summed E-state index contributed by atoms with van der Waals surface area (Å²) in [6, 6.07) is 6.86. The minimum Gasteiger partial charge on any atom is -0.497 e. The fourth-order valence-corrected chi connectivity index (χ4v) is 1.52. The molecule has 0 aliphatic carbocycles. The molecule has 0 fully saturated rings. The lowest BCUT2D eigenvalue weighted by Gasteiger charge is -2.05. The van der Waals surface area contributed by atoms with Gasteiger partial charge in [-0.05, 0) is 34.1 Å². The summed E-state index contributed by atoms with van der Waals surface area (Å²) < 4.78 is 5.81. The number of halogens is 1. The third-order valence-electron chi connectivity index (χ3n) is 2.18. The molecule has 92 valence electrons. The van der Waals surface area contributed by atoms with Crippen molar-refractivity contribution in [3.05, 3.63) is 46.7 Å². The first kappa shape index (κ1) is 12.5. The van der Waals surface area contributed by atoms with Gasteiger partial charge in [0.2, 0.25) is 5.95 Å². The number of anilines is 1. The molecule has 0 unspecified atom stereocenters. The Balaban J connectivity index is 2.14. The number of rotatable bonds is 3. The summed E-state index contributed by atoms with van der Waals surface area (Å²) in [4.78, 5) is 19.8. The van der Waals surface area contributed by atoms with E-state index in [9.17, 15) is 4.79 Å². The number of aromatic nitrogens is 2. The number of carbonyl (C=O) groups is 1. The number of amides is 1. The molecular formula is C12H10BrN3O2. The van der Waals surface area contributed by atoms with Crippen molar-refractivity contribution < 1.29 is 9.53 Å². The van der Waals surface area contributed by atoms with E-state index in [0.717, 1.165) is 4.47 Å². The molecule has 1 amide bonds. The van der Waals surface area contributed by atoms with Crippen LogP contribution in [0.15, 0.2) is 41.1 Å². The molecule has 0 aliphatic rings. The average molecular weight is 308 g/mol. The molecule has 6 heteroatoms. The van der Waals surface area contributed by atoms with Gasteiger partial charge in [0.25, 0.3) is 5.91 Å². The van der Waals surface area contributed by atoms with Gasteiger partial charge in [-0.1, -0.05) is 6.07 Å². The van der Waals surface area contributed by atoms with Gasteiger partial charge in [0, 0.05) is 18.0 Å². The van der Waals surface area contributed by atoms with E-state index in [0.29, 0.717) is 11.3 Å². The lowest BCUT2D eigenvalue weighted by Crippen LogP contribution is -2.14. The second-order valence-corrected chi connectivity index (χ2v) is 4.33. The summed E-state index contributed by atoms with van der Waals surface area (Å²) in [5.74, 6) is 0.599. The van der Waals surface area contributed by atoms with Gasteiger partial charge in [-0.3, -0.25) is 10.1 Å². The molecule has 5 nitrogen and oxygen atoms in total. The van der Waals surface area contributed by atoms with Crippen LogP contribution in [0, 0.1) is 0 Å². The molecule has 0 bridgehead atoms. The Morgan fingerprint density at radius 1 is 1.33 bits per heavy atom. The molecule has 0 radical (unpaired) electrons. The number of hydrogen-bond donors (Lipinski definition) is 1. The van der Waals surface area contributed by atoms with Crippen LogP contribution < -0.4 is 10.1 Å². The molecule has 0 saturated heterocycles.